The Morgan fingerprint density at radius 3 is 2.63 bits per heavy atom. The third-order valence-corrected chi connectivity index (χ3v) is 7.60. The monoisotopic (exact) mass is 511 g/mol. The summed E-state index contributed by atoms with van der Waals surface area (Å²) in [5.41, 5.74) is 4.62. The summed E-state index contributed by atoms with van der Waals surface area (Å²) in [4.78, 5) is 27.0. The molecule has 35 heavy (non-hydrogen) atoms. The number of carbonyl (C=O) groups is 2. The highest BCUT2D eigenvalue weighted by molar-refractivity contribution is 7.99. The van der Waals surface area contributed by atoms with Crippen LogP contribution in [0.2, 0.25) is 5.02 Å². The standard InChI is InChI=1S/C28H30ClNO4S/c1-4-35-13-12-34-28(32)25-17(2)30-23-15-20(18-8-10-21(29)11-9-18)16-24(31)27(23)26(25)19-6-5-7-22(14-19)33-3/h5-11,14,20,26,30H,4,12-13,15-16H2,1-3H3/t20-,26-/m1/s1. The molecule has 7 heteroatoms. The Bertz CT molecular complexity index is 1170. The van der Waals surface area contributed by atoms with Gasteiger partial charge in [0.25, 0.3) is 0 Å². The number of esters is 1. The SMILES string of the molecule is CCSCCOC(=O)C1=C(C)NC2=C(C(=O)C[C@H](c3ccc(Cl)cc3)C2)[C@@H]1c1cccc(OC)c1. The van der Waals surface area contributed by atoms with Crippen molar-refractivity contribution in [3.8, 4) is 5.75 Å². The van der Waals surface area contributed by atoms with E-state index in [-0.39, 0.29) is 11.7 Å². The molecule has 0 radical (unpaired) electrons. The Kier molecular flexibility index (Phi) is 8.24. The number of ether oxygens (including phenoxy) is 2. The smallest absolute Gasteiger partial charge is 0.336 e. The number of hydrogen-bond donors (Lipinski definition) is 1. The molecule has 1 heterocycles. The quantitative estimate of drug-likeness (QED) is 0.346. The molecule has 1 N–H and O–H groups in total. The number of nitrogens with one attached hydrogen (secondary N) is 1. The van der Waals surface area contributed by atoms with E-state index in [1.54, 1.807) is 18.9 Å². The normalized spacial score (nSPS) is 19.8. The van der Waals surface area contributed by atoms with Crippen molar-refractivity contribution < 1.29 is 19.1 Å². The predicted molar refractivity (Wildman–Crippen MR) is 141 cm³/mol. The number of dihydropyridines is 1. The highest BCUT2D eigenvalue weighted by atomic mass is 35.5. The molecular weight excluding hydrogens is 482 g/mol. The third-order valence-electron chi connectivity index (χ3n) is 6.48. The van der Waals surface area contributed by atoms with E-state index in [9.17, 15) is 9.59 Å². The van der Waals surface area contributed by atoms with Crippen LogP contribution in [0.3, 0.4) is 0 Å². The lowest BCUT2D eigenvalue weighted by Crippen LogP contribution is -2.36. The lowest BCUT2D eigenvalue weighted by atomic mass is 9.71. The zero-order chi connectivity index (χ0) is 24.9. The van der Waals surface area contributed by atoms with Gasteiger partial charge in [0, 0.05) is 40.1 Å². The topological polar surface area (TPSA) is 64.6 Å². The summed E-state index contributed by atoms with van der Waals surface area (Å²) < 4.78 is 11.1. The van der Waals surface area contributed by atoms with E-state index in [4.69, 9.17) is 21.1 Å². The van der Waals surface area contributed by atoms with Gasteiger partial charge >= 0.3 is 5.97 Å². The zero-order valence-corrected chi connectivity index (χ0v) is 21.8. The first-order valence-corrected chi connectivity index (χ1v) is 13.3. The second-order valence-corrected chi connectivity index (χ2v) is 10.5. The first kappa shape index (κ1) is 25.4. The van der Waals surface area contributed by atoms with Gasteiger partial charge in [0.15, 0.2) is 5.78 Å². The molecule has 0 saturated carbocycles. The number of thioether (sulfide) groups is 1. The maximum atomic E-state index is 13.7. The minimum Gasteiger partial charge on any atom is -0.497 e. The van der Waals surface area contributed by atoms with Crippen molar-refractivity contribution in [2.75, 3.05) is 25.2 Å². The molecule has 0 saturated heterocycles. The van der Waals surface area contributed by atoms with Crippen LogP contribution < -0.4 is 10.1 Å². The molecule has 0 spiro atoms. The number of benzene rings is 2. The van der Waals surface area contributed by atoms with Gasteiger partial charge in [-0.05, 0) is 60.4 Å². The highest BCUT2D eigenvalue weighted by Crippen LogP contribution is 2.46. The van der Waals surface area contributed by atoms with Gasteiger partial charge in [-0.25, -0.2) is 4.79 Å². The third kappa shape index (κ3) is 5.60. The summed E-state index contributed by atoms with van der Waals surface area (Å²) in [5.74, 6) is 1.56. The molecule has 2 aromatic carbocycles. The molecule has 1 aliphatic carbocycles. The van der Waals surface area contributed by atoms with Crippen LogP contribution >= 0.6 is 23.4 Å². The zero-order valence-electron chi connectivity index (χ0n) is 20.2. The lowest BCUT2D eigenvalue weighted by molar-refractivity contribution is -0.138. The van der Waals surface area contributed by atoms with Crippen molar-refractivity contribution in [2.24, 2.45) is 0 Å². The van der Waals surface area contributed by atoms with Crippen molar-refractivity contribution in [1.29, 1.82) is 0 Å². The van der Waals surface area contributed by atoms with Gasteiger partial charge in [-0.2, -0.15) is 11.8 Å². The van der Waals surface area contributed by atoms with E-state index in [0.717, 1.165) is 28.3 Å². The maximum absolute atomic E-state index is 13.7. The van der Waals surface area contributed by atoms with Crippen LogP contribution in [0.15, 0.2) is 71.1 Å². The minimum atomic E-state index is -0.508. The molecule has 184 valence electrons. The number of rotatable bonds is 8. The summed E-state index contributed by atoms with van der Waals surface area (Å²) in [6.45, 7) is 4.28. The summed E-state index contributed by atoms with van der Waals surface area (Å²) in [7, 11) is 1.61. The molecule has 2 aliphatic rings. The van der Waals surface area contributed by atoms with Gasteiger partial charge in [0.1, 0.15) is 12.4 Å². The second kappa shape index (κ2) is 11.4. The molecule has 1 aliphatic heterocycles. The number of halogens is 1. The number of hydrogen-bond acceptors (Lipinski definition) is 6. The molecule has 0 unspecified atom stereocenters. The molecule has 2 aromatic rings. The van der Waals surface area contributed by atoms with Gasteiger partial charge in [-0.1, -0.05) is 42.8 Å². The van der Waals surface area contributed by atoms with Crippen molar-refractivity contribution >= 4 is 35.1 Å². The Morgan fingerprint density at radius 2 is 1.91 bits per heavy atom. The van der Waals surface area contributed by atoms with Crippen LogP contribution in [0.25, 0.3) is 0 Å². The van der Waals surface area contributed by atoms with Crippen molar-refractivity contribution in [1.82, 2.24) is 5.32 Å². The molecule has 0 fully saturated rings. The largest absolute Gasteiger partial charge is 0.497 e. The van der Waals surface area contributed by atoms with Gasteiger partial charge in [-0.3, -0.25) is 4.79 Å². The molecule has 5 nitrogen and oxygen atoms in total. The highest BCUT2D eigenvalue weighted by Gasteiger charge is 2.41. The first-order chi connectivity index (χ1) is 16.9. The van der Waals surface area contributed by atoms with Crippen LogP contribution in [0.4, 0.5) is 0 Å². The molecule has 0 aromatic heterocycles. The van der Waals surface area contributed by atoms with Gasteiger partial charge in [0.05, 0.1) is 12.7 Å². The van der Waals surface area contributed by atoms with E-state index in [0.29, 0.717) is 47.1 Å². The fourth-order valence-electron chi connectivity index (χ4n) is 4.85. The van der Waals surface area contributed by atoms with E-state index >= 15 is 0 Å². The number of methoxy groups -OCH3 is 1. The first-order valence-electron chi connectivity index (χ1n) is 11.8. The Balaban J connectivity index is 1.72. The van der Waals surface area contributed by atoms with Gasteiger partial charge in [-0.15, -0.1) is 0 Å². The van der Waals surface area contributed by atoms with Crippen LogP contribution in [0, 0.1) is 0 Å². The summed E-state index contributed by atoms with van der Waals surface area (Å²) in [6.07, 6.45) is 1.05. The van der Waals surface area contributed by atoms with Crippen molar-refractivity contribution in [3.63, 3.8) is 0 Å². The lowest BCUT2D eigenvalue weighted by Gasteiger charge is -2.36. The van der Waals surface area contributed by atoms with Gasteiger partial charge in [0.2, 0.25) is 0 Å². The van der Waals surface area contributed by atoms with Crippen molar-refractivity contribution in [3.05, 3.63) is 87.2 Å². The van der Waals surface area contributed by atoms with E-state index in [1.807, 2.05) is 55.5 Å². The van der Waals surface area contributed by atoms with E-state index in [1.165, 1.54) is 0 Å². The van der Waals surface area contributed by atoms with Crippen LogP contribution in [0.5, 0.6) is 5.75 Å². The summed E-state index contributed by atoms with van der Waals surface area (Å²) in [5, 5.41) is 4.07. The van der Waals surface area contributed by atoms with E-state index in [2.05, 4.69) is 12.2 Å². The predicted octanol–water partition coefficient (Wildman–Crippen LogP) is 6.01. The Labute approximate surface area is 215 Å². The molecule has 0 amide bonds. The number of Topliss-reactive ketones (excluding diaryl/α,β-unsaturated/α-hetero) is 1. The summed E-state index contributed by atoms with van der Waals surface area (Å²) >= 11 is 7.79. The fourth-order valence-corrected chi connectivity index (χ4v) is 5.47. The number of carbonyl (C=O) groups excluding carboxylic acids is 2. The Hall–Kier alpha value is -2.70. The average Bonchev–Trinajstić information content (AvgIpc) is 2.86. The second-order valence-electron chi connectivity index (χ2n) is 8.68. The maximum Gasteiger partial charge on any atom is 0.336 e. The summed E-state index contributed by atoms with van der Waals surface area (Å²) in [6, 6.07) is 15.2. The van der Waals surface area contributed by atoms with Crippen molar-refractivity contribution in [2.45, 2.75) is 38.5 Å². The Morgan fingerprint density at radius 1 is 1.14 bits per heavy atom. The van der Waals surface area contributed by atoms with E-state index < -0.39 is 11.9 Å². The van der Waals surface area contributed by atoms with Crippen LogP contribution in [-0.2, 0) is 14.3 Å². The number of ketones is 1. The fraction of sp³-hybridized carbons (Fsp3) is 0.357. The molecular formula is C28H30ClNO4S. The van der Waals surface area contributed by atoms with Crippen LogP contribution in [0.1, 0.15) is 49.7 Å². The molecule has 2 atom stereocenters. The van der Waals surface area contributed by atoms with Crippen LogP contribution in [-0.4, -0.2) is 37.0 Å². The molecule has 0 bridgehead atoms. The minimum absolute atomic E-state index is 0.0332. The number of allylic oxidation sites excluding steroid dienone is 3. The average molecular weight is 512 g/mol. The molecule has 4 rings (SSSR count). The van der Waals surface area contributed by atoms with Gasteiger partial charge < -0.3 is 14.8 Å².